The third kappa shape index (κ3) is 47.4. The number of aromatic hydroxyl groups is 1. The van der Waals surface area contributed by atoms with E-state index in [1.54, 1.807) is 93.5 Å². The molecule has 0 saturated heterocycles. The molecular formula is C67H109N7O21. The highest BCUT2D eigenvalue weighted by Crippen LogP contribution is 2.27. The smallest absolute Gasteiger partial charge is 0.408 e. The van der Waals surface area contributed by atoms with Crippen LogP contribution >= 0.6 is 0 Å². The molecule has 28 nitrogen and oxygen atoms in total. The van der Waals surface area contributed by atoms with Gasteiger partial charge >= 0.3 is 24.1 Å². The molecule has 0 radical (unpaired) electrons. The van der Waals surface area contributed by atoms with Crippen LogP contribution in [0.15, 0.2) is 48.5 Å². The summed E-state index contributed by atoms with van der Waals surface area (Å²) < 4.78 is 59.8. The number of carbonyl (C=O) groups is 9. The molecule has 0 spiro atoms. The minimum Gasteiger partial charge on any atom is -0.506 e. The lowest BCUT2D eigenvalue weighted by Crippen LogP contribution is -2.47. The number of benzene rings is 2. The van der Waals surface area contributed by atoms with Crippen molar-refractivity contribution in [3.63, 3.8) is 0 Å². The van der Waals surface area contributed by atoms with Gasteiger partial charge < -0.3 is 94.4 Å². The second kappa shape index (κ2) is 48.5. The van der Waals surface area contributed by atoms with Crippen LogP contribution in [0.1, 0.15) is 145 Å². The van der Waals surface area contributed by atoms with Gasteiger partial charge in [0.05, 0.1) is 111 Å². The number of hydrogen-bond acceptors (Lipinski definition) is 21. The Hall–Kier alpha value is -7.21. The minimum atomic E-state index is -0.986. The molecule has 0 aliphatic heterocycles. The molecule has 3 atom stereocenters. The monoisotopic (exact) mass is 1350 g/mol. The zero-order valence-corrected chi connectivity index (χ0v) is 57.7. The number of rotatable bonds is 50. The van der Waals surface area contributed by atoms with E-state index in [4.69, 9.17) is 52.1 Å². The first kappa shape index (κ1) is 83.9. The lowest BCUT2D eigenvalue weighted by molar-refractivity contribution is -0.160. The average Bonchev–Trinajstić information content (AvgIpc) is 1.00. The number of carbonyl (C=O) groups excluding carboxylic acids is 9. The van der Waals surface area contributed by atoms with Crippen LogP contribution in [0.3, 0.4) is 0 Å². The Morgan fingerprint density at radius 2 is 0.947 bits per heavy atom. The van der Waals surface area contributed by atoms with Crippen LogP contribution in [0, 0.1) is 5.92 Å². The van der Waals surface area contributed by atoms with Gasteiger partial charge in [0.1, 0.15) is 35.2 Å². The molecule has 0 saturated carbocycles. The van der Waals surface area contributed by atoms with Gasteiger partial charge in [-0.2, -0.15) is 0 Å². The number of alkyl carbamates (subject to hydrolysis) is 2. The molecule has 7 amide bonds. The van der Waals surface area contributed by atoms with E-state index in [0.29, 0.717) is 84.3 Å². The van der Waals surface area contributed by atoms with E-state index in [1.165, 1.54) is 6.07 Å². The molecule has 0 aromatic heterocycles. The Kier molecular flexibility index (Phi) is 42.8. The molecule has 95 heavy (non-hydrogen) atoms. The first-order valence-electron chi connectivity index (χ1n) is 32.7. The fourth-order valence-electron chi connectivity index (χ4n) is 8.38. The Labute approximate surface area is 560 Å². The summed E-state index contributed by atoms with van der Waals surface area (Å²) in [6, 6.07) is 12.1. The predicted octanol–water partition coefficient (Wildman–Crippen LogP) is 5.86. The fraction of sp³-hybridized carbons (Fsp3) is 0.687. The van der Waals surface area contributed by atoms with Gasteiger partial charge in [-0.05, 0) is 124 Å². The lowest BCUT2D eigenvalue weighted by atomic mass is 9.95. The third-order valence-corrected chi connectivity index (χ3v) is 12.8. The first-order chi connectivity index (χ1) is 45.1. The maximum absolute atomic E-state index is 13.5. The van der Waals surface area contributed by atoms with Crippen LogP contribution in [0.4, 0.5) is 15.3 Å². The molecule has 0 aliphatic rings. The summed E-state index contributed by atoms with van der Waals surface area (Å²) in [6.07, 6.45) is 0.973. The summed E-state index contributed by atoms with van der Waals surface area (Å²) >= 11 is 0. The second-order valence-electron chi connectivity index (χ2n) is 25.2. The van der Waals surface area contributed by atoms with Crippen molar-refractivity contribution in [2.24, 2.45) is 5.92 Å². The van der Waals surface area contributed by atoms with Crippen LogP contribution in [-0.2, 0) is 98.7 Å². The summed E-state index contributed by atoms with van der Waals surface area (Å²) in [4.78, 5) is 113. The molecule has 2 aromatic carbocycles. The Bertz CT molecular complexity index is 2560. The maximum Gasteiger partial charge on any atom is 0.408 e. The van der Waals surface area contributed by atoms with Gasteiger partial charge in [-0.15, -0.1) is 0 Å². The molecule has 0 heterocycles. The Morgan fingerprint density at radius 3 is 1.47 bits per heavy atom. The van der Waals surface area contributed by atoms with E-state index in [9.17, 15) is 48.3 Å². The summed E-state index contributed by atoms with van der Waals surface area (Å²) in [6.45, 7) is 22.6. The third-order valence-electron chi connectivity index (χ3n) is 12.8. The molecule has 2 aromatic rings. The molecule has 0 unspecified atom stereocenters. The van der Waals surface area contributed by atoms with Crippen molar-refractivity contribution in [1.29, 1.82) is 0 Å². The number of esters is 2. The van der Waals surface area contributed by atoms with Crippen molar-refractivity contribution in [1.82, 2.24) is 31.9 Å². The molecule has 0 fully saturated rings. The number of phenolic OH excluding ortho intramolecular Hbond substituents is 1. The van der Waals surface area contributed by atoms with Crippen LogP contribution < -0.4 is 37.2 Å². The van der Waals surface area contributed by atoms with Crippen molar-refractivity contribution < 1.29 is 100 Å². The summed E-state index contributed by atoms with van der Waals surface area (Å²) in [5, 5.41) is 30.0. The highest BCUT2D eigenvalue weighted by Gasteiger charge is 2.28. The van der Waals surface area contributed by atoms with E-state index in [2.05, 4.69) is 37.2 Å². The number of unbranched alkanes of at least 4 members (excludes halogenated alkanes) is 1. The number of phenols is 1. The lowest BCUT2D eigenvalue weighted by Gasteiger charge is -2.27. The van der Waals surface area contributed by atoms with Gasteiger partial charge in [0.25, 0.3) is 0 Å². The van der Waals surface area contributed by atoms with Gasteiger partial charge in [0, 0.05) is 57.9 Å². The zero-order valence-electron chi connectivity index (χ0n) is 57.7. The molecular weight excluding hydrogens is 1240 g/mol. The summed E-state index contributed by atoms with van der Waals surface area (Å²) in [5.74, 6) is -3.03. The second-order valence-corrected chi connectivity index (χ2v) is 25.2. The van der Waals surface area contributed by atoms with Gasteiger partial charge in [-0.3, -0.25) is 33.6 Å². The van der Waals surface area contributed by atoms with Gasteiger partial charge in [0.15, 0.2) is 0 Å². The predicted molar refractivity (Wildman–Crippen MR) is 352 cm³/mol. The van der Waals surface area contributed by atoms with Crippen molar-refractivity contribution in [2.45, 2.75) is 175 Å². The molecule has 28 heteroatoms. The quantitative estimate of drug-likeness (QED) is 0.0166. The zero-order chi connectivity index (χ0) is 70.3. The largest absolute Gasteiger partial charge is 0.506 e. The van der Waals surface area contributed by atoms with Gasteiger partial charge in [-0.25, -0.2) is 9.59 Å². The normalized spacial score (nSPS) is 12.5. The van der Waals surface area contributed by atoms with Crippen LogP contribution in [0.25, 0.3) is 0 Å². The first-order valence-corrected chi connectivity index (χ1v) is 32.7. The molecule has 0 aliphatic carbocycles. The van der Waals surface area contributed by atoms with Gasteiger partial charge in [-0.1, -0.05) is 43.3 Å². The number of nitrogens with one attached hydrogen (secondary N) is 7. The maximum atomic E-state index is 13.5. The SMILES string of the molecule is C[C@@H](C[C@H](Cc1ccc(O)c(NC(=O)CCCNC(=O)[C@H](CCCCNC(=O)CCOCCOCCOCCC(=O)NCCOCCOCCC(=O)NCCOCCOCCC(=O)OC(C)(C)C)NC(=O)OCc2ccccc2)c1)NC(=O)OC(C)(C)C)C(=O)OC(C)(C)C. The van der Waals surface area contributed by atoms with Crippen molar-refractivity contribution >= 4 is 59.3 Å². The fourth-order valence-corrected chi connectivity index (χ4v) is 8.38. The van der Waals surface area contributed by atoms with Crippen molar-refractivity contribution in [3.8, 4) is 5.75 Å². The van der Waals surface area contributed by atoms with Crippen LogP contribution in [0.5, 0.6) is 5.75 Å². The van der Waals surface area contributed by atoms with E-state index in [1.807, 2.05) is 18.2 Å². The van der Waals surface area contributed by atoms with Crippen molar-refractivity contribution in [3.05, 3.63) is 59.7 Å². The average molecular weight is 1350 g/mol. The van der Waals surface area contributed by atoms with E-state index in [0.717, 1.165) is 5.56 Å². The van der Waals surface area contributed by atoms with Crippen molar-refractivity contribution in [2.75, 3.05) is 124 Å². The molecule has 538 valence electrons. The minimum absolute atomic E-state index is 0.0126. The number of amides is 7. The molecule has 0 bridgehead atoms. The highest BCUT2D eigenvalue weighted by molar-refractivity contribution is 5.92. The Balaban J connectivity index is 1.59. The topological polar surface area (TPSA) is 360 Å². The number of anilines is 1. The van der Waals surface area contributed by atoms with E-state index in [-0.39, 0.29) is 152 Å². The standard InChI is InChI=1S/C67H109N7O21/c1-49(62(82)94-66(5,6)7)45-52(72-64(84)95-67(8,9)10)46-51-21-22-55(75)54(47-51)73-59(79)20-16-28-71-61(81)53(74-63(83)92-48-50-17-12-11-13-18-50)19-14-15-27-68-56(76)23-31-86-39-43-91-44-40-87-33-25-58(78)69-29-35-89-41-37-85-32-24-57(77)70-30-36-90-42-38-88-34-26-60(80)93-65(2,3)4/h11-13,17-18,21-22,47,49,52-53,75H,14-16,19-20,23-46,48H2,1-10H3,(H,68,76)(H,69,78)(H,70,77)(H,71,81)(H,72,84)(H,73,79)(H,74,83)/t49-,52+,53-/m0/s1. The van der Waals surface area contributed by atoms with E-state index >= 15 is 0 Å². The Morgan fingerprint density at radius 1 is 0.463 bits per heavy atom. The highest BCUT2D eigenvalue weighted by atomic mass is 16.6. The molecule has 8 N–H and O–H groups in total. The molecule has 2 rings (SSSR count). The van der Waals surface area contributed by atoms with Crippen LogP contribution in [0.2, 0.25) is 0 Å². The summed E-state index contributed by atoms with van der Waals surface area (Å²) in [5.41, 5.74) is -0.469. The number of hydrogen-bond donors (Lipinski definition) is 8. The number of ether oxygens (including phenoxy) is 11. The summed E-state index contributed by atoms with van der Waals surface area (Å²) in [7, 11) is 0. The van der Waals surface area contributed by atoms with Gasteiger partial charge in [0.2, 0.25) is 29.5 Å². The van der Waals surface area contributed by atoms with E-state index < -0.39 is 64.8 Å². The van der Waals surface area contributed by atoms with Crippen LogP contribution in [-0.4, -0.2) is 206 Å².